The summed E-state index contributed by atoms with van der Waals surface area (Å²) in [5, 5.41) is 17.7. The predicted molar refractivity (Wildman–Crippen MR) is 74.3 cm³/mol. The monoisotopic (exact) mass is 280 g/mol. The third-order valence-electron chi connectivity index (χ3n) is 2.97. The van der Waals surface area contributed by atoms with Crippen LogP contribution in [0.15, 0.2) is 24.3 Å². The van der Waals surface area contributed by atoms with E-state index in [1.165, 1.54) is 4.90 Å². The van der Waals surface area contributed by atoms with Crippen LogP contribution in [-0.2, 0) is 16.0 Å². The van der Waals surface area contributed by atoms with E-state index in [1.807, 2.05) is 0 Å². The summed E-state index contributed by atoms with van der Waals surface area (Å²) in [6.45, 7) is 0.369. The van der Waals surface area contributed by atoms with Crippen molar-refractivity contribution >= 4 is 11.9 Å². The molecule has 0 aliphatic heterocycles. The zero-order chi connectivity index (χ0) is 15.1. The summed E-state index contributed by atoms with van der Waals surface area (Å²) in [5.41, 5.74) is 6.71. The SMILES string of the molecule is CN(CCCC(=O)O)C(=O)C(N)Cc1ccc(O)cc1. The Bertz CT molecular complexity index is 459. The lowest BCUT2D eigenvalue weighted by atomic mass is 10.1. The maximum Gasteiger partial charge on any atom is 0.303 e. The molecule has 0 fully saturated rings. The molecule has 0 radical (unpaired) electrons. The Labute approximate surface area is 117 Å². The molecule has 0 spiro atoms. The van der Waals surface area contributed by atoms with E-state index in [4.69, 9.17) is 10.8 Å². The summed E-state index contributed by atoms with van der Waals surface area (Å²) >= 11 is 0. The van der Waals surface area contributed by atoms with E-state index in [0.29, 0.717) is 19.4 Å². The number of phenolic OH excluding ortho intramolecular Hbond substituents is 1. The highest BCUT2D eigenvalue weighted by atomic mass is 16.4. The van der Waals surface area contributed by atoms with E-state index in [0.717, 1.165) is 5.56 Å². The molecule has 20 heavy (non-hydrogen) atoms. The number of aliphatic carboxylic acids is 1. The number of carboxylic acid groups (broad SMARTS) is 1. The number of carbonyl (C=O) groups excluding carboxylic acids is 1. The van der Waals surface area contributed by atoms with Gasteiger partial charge in [-0.3, -0.25) is 9.59 Å². The highest BCUT2D eigenvalue weighted by molar-refractivity contribution is 5.81. The summed E-state index contributed by atoms with van der Waals surface area (Å²) in [6.07, 6.45) is 0.816. The third-order valence-corrected chi connectivity index (χ3v) is 2.97. The number of phenols is 1. The number of aromatic hydroxyl groups is 1. The van der Waals surface area contributed by atoms with Crippen LogP contribution in [0.1, 0.15) is 18.4 Å². The van der Waals surface area contributed by atoms with Gasteiger partial charge in [-0.15, -0.1) is 0 Å². The Hall–Kier alpha value is -2.08. The molecule has 0 aromatic heterocycles. The smallest absolute Gasteiger partial charge is 0.303 e. The average Bonchev–Trinajstić information content (AvgIpc) is 2.39. The third kappa shape index (κ3) is 5.27. The maximum atomic E-state index is 12.0. The van der Waals surface area contributed by atoms with Gasteiger partial charge in [-0.1, -0.05) is 12.1 Å². The topological polar surface area (TPSA) is 104 Å². The standard InChI is InChI=1S/C14H20N2O4/c1-16(8-2-3-13(18)19)14(20)12(15)9-10-4-6-11(17)7-5-10/h4-7,12,17H,2-3,8-9,15H2,1H3,(H,18,19). The van der Waals surface area contributed by atoms with Crippen molar-refractivity contribution in [2.75, 3.05) is 13.6 Å². The van der Waals surface area contributed by atoms with Crippen molar-refractivity contribution in [1.82, 2.24) is 4.90 Å². The minimum atomic E-state index is -0.876. The second-order valence-corrected chi connectivity index (χ2v) is 4.73. The lowest BCUT2D eigenvalue weighted by Crippen LogP contribution is -2.43. The Kier molecular flexibility index (Phi) is 5.99. The number of likely N-dealkylation sites (N-methyl/N-ethyl adjacent to an activating group) is 1. The van der Waals surface area contributed by atoms with Crippen LogP contribution in [0.25, 0.3) is 0 Å². The van der Waals surface area contributed by atoms with E-state index in [2.05, 4.69) is 0 Å². The molecular formula is C14H20N2O4. The molecule has 6 nitrogen and oxygen atoms in total. The molecule has 0 aliphatic rings. The second-order valence-electron chi connectivity index (χ2n) is 4.73. The normalized spacial score (nSPS) is 11.9. The lowest BCUT2D eigenvalue weighted by molar-refractivity contribution is -0.138. The van der Waals surface area contributed by atoms with Gasteiger partial charge in [0.15, 0.2) is 0 Å². The Balaban J connectivity index is 2.45. The molecule has 0 aliphatic carbocycles. The number of hydrogen-bond donors (Lipinski definition) is 3. The van der Waals surface area contributed by atoms with Gasteiger partial charge in [0.2, 0.25) is 5.91 Å². The lowest BCUT2D eigenvalue weighted by Gasteiger charge is -2.21. The van der Waals surface area contributed by atoms with Crippen molar-refractivity contribution < 1.29 is 19.8 Å². The molecule has 0 bridgehead atoms. The summed E-state index contributed by atoms with van der Waals surface area (Å²) in [5.74, 6) is -0.929. The number of benzene rings is 1. The van der Waals surface area contributed by atoms with Gasteiger partial charge in [-0.25, -0.2) is 0 Å². The van der Waals surface area contributed by atoms with Gasteiger partial charge >= 0.3 is 5.97 Å². The first-order chi connectivity index (χ1) is 9.40. The van der Waals surface area contributed by atoms with Crippen molar-refractivity contribution in [2.24, 2.45) is 5.73 Å². The molecule has 6 heteroatoms. The first-order valence-corrected chi connectivity index (χ1v) is 6.40. The molecule has 1 aromatic carbocycles. The van der Waals surface area contributed by atoms with Crippen molar-refractivity contribution in [3.63, 3.8) is 0 Å². The van der Waals surface area contributed by atoms with E-state index in [-0.39, 0.29) is 18.1 Å². The molecule has 1 unspecified atom stereocenters. The molecule has 0 saturated heterocycles. The molecular weight excluding hydrogens is 260 g/mol. The first-order valence-electron chi connectivity index (χ1n) is 6.40. The highest BCUT2D eigenvalue weighted by Crippen LogP contribution is 2.11. The summed E-state index contributed by atoms with van der Waals surface area (Å²) in [7, 11) is 1.61. The van der Waals surface area contributed by atoms with Gasteiger partial charge < -0.3 is 20.8 Å². The molecule has 0 heterocycles. The molecule has 4 N–H and O–H groups in total. The van der Waals surface area contributed by atoms with Gasteiger partial charge in [0.25, 0.3) is 0 Å². The van der Waals surface area contributed by atoms with E-state index in [9.17, 15) is 14.7 Å². The number of amides is 1. The number of carbonyl (C=O) groups is 2. The van der Waals surface area contributed by atoms with Gasteiger partial charge in [-0.2, -0.15) is 0 Å². The number of rotatable bonds is 7. The van der Waals surface area contributed by atoms with E-state index < -0.39 is 12.0 Å². The van der Waals surface area contributed by atoms with Crippen LogP contribution in [-0.4, -0.2) is 46.6 Å². The van der Waals surface area contributed by atoms with Gasteiger partial charge in [-0.05, 0) is 30.5 Å². The second kappa shape index (κ2) is 7.49. The van der Waals surface area contributed by atoms with Crippen molar-refractivity contribution in [2.45, 2.75) is 25.3 Å². The number of hydrogen-bond acceptors (Lipinski definition) is 4. The van der Waals surface area contributed by atoms with E-state index >= 15 is 0 Å². The Morgan fingerprint density at radius 3 is 2.45 bits per heavy atom. The maximum absolute atomic E-state index is 12.0. The molecule has 1 aromatic rings. The summed E-state index contributed by atoms with van der Waals surface area (Å²) in [6, 6.07) is 5.85. The van der Waals surface area contributed by atoms with Crippen LogP contribution >= 0.6 is 0 Å². The molecule has 110 valence electrons. The summed E-state index contributed by atoms with van der Waals surface area (Å²) < 4.78 is 0. The first kappa shape index (κ1) is 16.0. The zero-order valence-electron chi connectivity index (χ0n) is 11.5. The number of nitrogens with two attached hydrogens (primary N) is 1. The van der Waals surface area contributed by atoms with Gasteiger partial charge in [0, 0.05) is 20.0 Å². The van der Waals surface area contributed by atoms with Crippen LogP contribution < -0.4 is 5.73 Å². The fraction of sp³-hybridized carbons (Fsp3) is 0.429. The van der Waals surface area contributed by atoms with Gasteiger partial charge in [0.05, 0.1) is 6.04 Å². The molecule has 1 rings (SSSR count). The van der Waals surface area contributed by atoms with Crippen LogP contribution in [0.3, 0.4) is 0 Å². The quantitative estimate of drug-likeness (QED) is 0.678. The minimum Gasteiger partial charge on any atom is -0.508 e. The van der Waals surface area contributed by atoms with Crippen molar-refractivity contribution in [1.29, 1.82) is 0 Å². The van der Waals surface area contributed by atoms with Crippen LogP contribution in [0.2, 0.25) is 0 Å². The molecule has 0 saturated carbocycles. The van der Waals surface area contributed by atoms with E-state index in [1.54, 1.807) is 31.3 Å². The number of nitrogens with zero attached hydrogens (tertiary/aromatic N) is 1. The minimum absolute atomic E-state index is 0.0326. The van der Waals surface area contributed by atoms with Crippen molar-refractivity contribution in [3.05, 3.63) is 29.8 Å². The molecule has 1 amide bonds. The molecule has 1 atom stereocenters. The fourth-order valence-corrected chi connectivity index (χ4v) is 1.83. The van der Waals surface area contributed by atoms with Crippen LogP contribution in [0.5, 0.6) is 5.75 Å². The largest absolute Gasteiger partial charge is 0.508 e. The van der Waals surface area contributed by atoms with Crippen LogP contribution in [0.4, 0.5) is 0 Å². The Morgan fingerprint density at radius 2 is 1.90 bits per heavy atom. The predicted octanol–water partition coefficient (Wildman–Crippen LogP) is 0.585. The van der Waals surface area contributed by atoms with Crippen molar-refractivity contribution in [3.8, 4) is 5.75 Å². The Morgan fingerprint density at radius 1 is 1.30 bits per heavy atom. The highest BCUT2D eigenvalue weighted by Gasteiger charge is 2.18. The zero-order valence-corrected chi connectivity index (χ0v) is 11.5. The fourth-order valence-electron chi connectivity index (χ4n) is 1.83. The summed E-state index contributed by atoms with van der Waals surface area (Å²) in [4.78, 5) is 23.9. The van der Waals surface area contributed by atoms with Gasteiger partial charge in [0.1, 0.15) is 5.75 Å². The van der Waals surface area contributed by atoms with Crippen LogP contribution in [0, 0.1) is 0 Å². The number of carboxylic acids is 1. The average molecular weight is 280 g/mol.